The third-order valence-electron chi connectivity index (χ3n) is 6.35. The second kappa shape index (κ2) is 7.19. The van der Waals surface area contributed by atoms with Crippen molar-refractivity contribution in [3.8, 4) is 0 Å². The number of hydrogen-bond donors (Lipinski definition) is 0. The van der Waals surface area contributed by atoms with Crippen molar-refractivity contribution in [3.63, 3.8) is 0 Å². The molecule has 2 fully saturated rings. The lowest BCUT2D eigenvalue weighted by atomic mass is 9.70. The van der Waals surface area contributed by atoms with Gasteiger partial charge < -0.3 is 14.2 Å². The van der Waals surface area contributed by atoms with Gasteiger partial charge in [0.25, 0.3) is 0 Å². The summed E-state index contributed by atoms with van der Waals surface area (Å²) in [5, 5.41) is -0.245. The maximum atomic E-state index is 13.4. The van der Waals surface area contributed by atoms with Crippen LogP contribution in [0.4, 0.5) is 0 Å². The molecule has 7 heteroatoms. The minimum atomic E-state index is -1.52. The number of methoxy groups -OCH3 is 2. The van der Waals surface area contributed by atoms with Crippen LogP contribution in [-0.2, 0) is 34.6 Å². The highest BCUT2D eigenvalue weighted by Crippen LogP contribution is 2.67. The maximum absolute atomic E-state index is 13.4. The number of esters is 2. The van der Waals surface area contributed by atoms with Crippen LogP contribution in [0.15, 0.2) is 11.0 Å². The molecule has 5 atom stereocenters. The van der Waals surface area contributed by atoms with E-state index in [4.69, 9.17) is 9.47 Å². The summed E-state index contributed by atoms with van der Waals surface area (Å²) in [6.07, 6.45) is 2.99. The summed E-state index contributed by atoms with van der Waals surface area (Å²) in [7, 11) is 1.38. The van der Waals surface area contributed by atoms with E-state index in [0.717, 1.165) is 12.8 Å². The van der Waals surface area contributed by atoms with Gasteiger partial charge in [-0.1, -0.05) is 20.8 Å². The zero-order valence-electron chi connectivity index (χ0n) is 15.8. The quantitative estimate of drug-likeness (QED) is 0.525. The third-order valence-corrected chi connectivity index (χ3v) is 8.18. The van der Waals surface area contributed by atoms with E-state index in [1.54, 1.807) is 7.11 Å². The van der Waals surface area contributed by atoms with Crippen molar-refractivity contribution < 1.29 is 28.0 Å². The lowest BCUT2D eigenvalue weighted by Crippen LogP contribution is -2.43. The van der Waals surface area contributed by atoms with Crippen molar-refractivity contribution in [1.82, 2.24) is 0 Å². The molecule has 0 N–H and O–H groups in total. The van der Waals surface area contributed by atoms with Gasteiger partial charge in [-0.25, -0.2) is 4.79 Å². The van der Waals surface area contributed by atoms with E-state index < -0.39 is 22.7 Å². The van der Waals surface area contributed by atoms with Crippen molar-refractivity contribution in [2.75, 3.05) is 20.8 Å². The summed E-state index contributed by atoms with van der Waals surface area (Å²) in [5.41, 5.74) is -0.101. The Morgan fingerprint density at radius 3 is 2.40 bits per heavy atom. The van der Waals surface area contributed by atoms with Crippen molar-refractivity contribution in [2.45, 2.75) is 51.9 Å². The molecule has 0 aliphatic heterocycles. The Morgan fingerprint density at radius 1 is 1.24 bits per heavy atom. The molecular formula is C18H28O6S. The molecule has 142 valence electrons. The molecule has 2 rings (SSSR count). The molecule has 6 nitrogen and oxygen atoms in total. The van der Waals surface area contributed by atoms with Crippen LogP contribution in [0.25, 0.3) is 0 Å². The van der Waals surface area contributed by atoms with Gasteiger partial charge in [0, 0.05) is 25.5 Å². The summed E-state index contributed by atoms with van der Waals surface area (Å²) in [6.45, 7) is 7.67. The number of ether oxygens (including phenoxy) is 3. The summed E-state index contributed by atoms with van der Waals surface area (Å²) < 4.78 is 28.8. The molecule has 0 saturated heterocycles. The predicted molar refractivity (Wildman–Crippen MR) is 94.1 cm³/mol. The van der Waals surface area contributed by atoms with Crippen LogP contribution in [0.3, 0.4) is 0 Å². The molecule has 0 radical (unpaired) electrons. The van der Waals surface area contributed by atoms with E-state index in [0.29, 0.717) is 0 Å². The topological polar surface area (TPSA) is 78.9 Å². The van der Waals surface area contributed by atoms with Gasteiger partial charge in [-0.2, -0.15) is 0 Å². The van der Waals surface area contributed by atoms with Gasteiger partial charge in [-0.3, -0.25) is 9.00 Å². The first-order valence-corrected chi connectivity index (χ1v) is 9.66. The fourth-order valence-corrected chi connectivity index (χ4v) is 6.72. The summed E-state index contributed by atoms with van der Waals surface area (Å²) >= 11 is 0. The highest BCUT2D eigenvalue weighted by Gasteiger charge is 2.68. The molecule has 2 aliphatic carbocycles. The Balaban J connectivity index is 2.36. The SMILES string of the molecule is COC(=O)/C=C(\COC(C)=O)S(=O)[C@@H]1[C@H]2CC[C@](C)([C@@H]1OC)C2(C)C. The number of rotatable bonds is 6. The highest BCUT2D eigenvalue weighted by atomic mass is 32.2. The molecule has 0 amide bonds. The monoisotopic (exact) mass is 372 g/mol. The molecule has 0 aromatic heterocycles. The molecular weight excluding hydrogens is 344 g/mol. The average Bonchev–Trinajstić information content (AvgIpc) is 2.88. The molecule has 0 aromatic rings. The molecule has 1 unspecified atom stereocenters. The third kappa shape index (κ3) is 3.28. The Kier molecular flexibility index (Phi) is 5.78. The van der Waals surface area contributed by atoms with E-state index in [2.05, 4.69) is 25.5 Å². The van der Waals surface area contributed by atoms with Crippen LogP contribution in [-0.4, -0.2) is 48.3 Å². The second-order valence-electron chi connectivity index (χ2n) is 7.62. The van der Waals surface area contributed by atoms with Crippen LogP contribution < -0.4 is 0 Å². The Morgan fingerprint density at radius 2 is 1.88 bits per heavy atom. The zero-order chi connectivity index (χ0) is 19.0. The molecule has 0 spiro atoms. The van der Waals surface area contributed by atoms with Crippen LogP contribution in [0, 0.1) is 16.7 Å². The van der Waals surface area contributed by atoms with Gasteiger partial charge >= 0.3 is 11.9 Å². The second-order valence-corrected chi connectivity index (χ2v) is 9.28. The standard InChI is InChI=1S/C18H28O6S/c1-11(19)24-10-12(9-14(20)22-5)25(21)15-13-7-8-18(4,16(15)23-6)17(13,2)3/h9,13,15-16H,7-8,10H2,1-6H3/b12-9+/t13-,15-,16-,18-,25?/m1/s1. The van der Waals surface area contributed by atoms with E-state index >= 15 is 0 Å². The first-order chi connectivity index (χ1) is 11.6. The fraction of sp³-hybridized carbons (Fsp3) is 0.778. The normalized spacial score (nSPS) is 34.6. The van der Waals surface area contributed by atoms with Crippen LogP contribution in [0.5, 0.6) is 0 Å². The van der Waals surface area contributed by atoms with Gasteiger partial charge in [0.2, 0.25) is 0 Å². The summed E-state index contributed by atoms with van der Waals surface area (Å²) in [6, 6.07) is 0. The van der Waals surface area contributed by atoms with E-state index in [1.807, 2.05) is 0 Å². The first kappa shape index (κ1) is 20.1. The van der Waals surface area contributed by atoms with Gasteiger partial charge in [-0.05, 0) is 24.2 Å². The van der Waals surface area contributed by atoms with Gasteiger partial charge in [0.1, 0.15) is 6.61 Å². The molecule has 0 aromatic carbocycles. The summed E-state index contributed by atoms with van der Waals surface area (Å²) in [5.74, 6) is -0.893. The fourth-order valence-electron chi connectivity index (χ4n) is 4.57. The number of carbonyl (C=O) groups excluding carboxylic acids is 2. The highest BCUT2D eigenvalue weighted by molar-refractivity contribution is 7.89. The predicted octanol–water partition coefficient (Wildman–Crippen LogP) is 2.19. The average molecular weight is 372 g/mol. The summed E-state index contributed by atoms with van der Waals surface area (Å²) in [4.78, 5) is 23.1. The molecule has 2 bridgehead atoms. The zero-order valence-corrected chi connectivity index (χ0v) is 16.6. The smallest absolute Gasteiger partial charge is 0.331 e. The minimum absolute atomic E-state index is 0.0220. The molecule has 0 heterocycles. The van der Waals surface area contributed by atoms with Crippen molar-refractivity contribution in [3.05, 3.63) is 11.0 Å². The maximum Gasteiger partial charge on any atom is 0.331 e. The van der Waals surface area contributed by atoms with E-state index in [9.17, 15) is 13.8 Å². The lowest BCUT2D eigenvalue weighted by molar-refractivity contribution is -0.140. The van der Waals surface area contributed by atoms with Crippen LogP contribution >= 0.6 is 0 Å². The first-order valence-electron chi connectivity index (χ1n) is 8.45. The number of hydrogen-bond acceptors (Lipinski definition) is 6. The van der Waals surface area contributed by atoms with Gasteiger partial charge in [0.15, 0.2) is 0 Å². The van der Waals surface area contributed by atoms with Crippen molar-refractivity contribution in [2.24, 2.45) is 16.7 Å². The molecule has 2 saturated carbocycles. The largest absolute Gasteiger partial charge is 0.466 e. The van der Waals surface area contributed by atoms with Crippen LogP contribution in [0.1, 0.15) is 40.5 Å². The molecule has 2 aliphatic rings. The van der Waals surface area contributed by atoms with E-state index in [1.165, 1.54) is 20.1 Å². The Bertz CT molecular complexity index is 611. The Labute approximate surface area is 151 Å². The lowest BCUT2D eigenvalue weighted by Gasteiger charge is -2.39. The molecule has 25 heavy (non-hydrogen) atoms. The number of carbonyl (C=O) groups is 2. The Hall–Kier alpha value is -1.21. The van der Waals surface area contributed by atoms with Gasteiger partial charge in [0.05, 0.1) is 34.2 Å². The number of fused-ring (bicyclic) bond motifs is 2. The van der Waals surface area contributed by atoms with Crippen molar-refractivity contribution in [1.29, 1.82) is 0 Å². The van der Waals surface area contributed by atoms with E-state index in [-0.39, 0.29) is 39.6 Å². The minimum Gasteiger partial charge on any atom is -0.466 e. The van der Waals surface area contributed by atoms with Crippen LogP contribution in [0.2, 0.25) is 0 Å². The van der Waals surface area contributed by atoms with Crippen molar-refractivity contribution >= 4 is 22.7 Å². The van der Waals surface area contributed by atoms with Gasteiger partial charge in [-0.15, -0.1) is 0 Å².